The van der Waals surface area contributed by atoms with Gasteiger partial charge in [-0.15, -0.1) is 0 Å². The van der Waals surface area contributed by atoms with Crippen LogP contribution in [0.4, 0.5) is 0 Å². The molecule has 1 unspecified atom stereocenters. The van der Waals surface area contributed by atoms with Gasteiger partial charge in [0.25, 0.3) is 0 Å². The van der Waals surface area contributed by atoms with Crippen LogP contribution >= 0.6 is 0 Å². The molecule has 0 amide bonds. The maximum Gasteiger partial charge on any atom is 0.306 e. The van der Waals surface area contributed by atoms with Gasteiger partial charge in [-0.05, 0) is 31.1 Å². The van der Waals surface area contributed by atoms with E-state index >= 15 is 0 Å². The van der Waals surface area contributed by atoms with Crippen LogP contribution in [-0.2, 0) is 28.6 Å². The third-order valence-electron chi connectivity index (χ3n) is 11.1. The molecule has 6 nitrogen and oxygen atoms in total. The van der Waals surface area contributed by atoms with Crippen LogP contribution in [-0.4, -0.2) is 37.2 Å². The third kappa shape index (κ3) is 40.1. The highest BCUT2D eigenvalue weighted by molar-refractivity contribution is 5.71. The molecule has 0 aliphatic rings. The summed E-state index contributed by atoms with van der Waals surface area (Å²) in [4.78, 5) is 37.7. The van der Waals surface area contributed by atoms with Crippen LogP contribution in [0.15, 0.2) is 0 Å². The minimum atomic E-state index is -0.761. The molecule has 0 aliphatic carbocycles. The van der Waals surface area contributed by atoms with E-state index in [1.54, 1.807) is 0 Å². The topological polar surface area (TPSA) is 78.9 Å². The van der Waals surface area contributed by atoms with Crippen LogP contribution in [0, 0.1) is 11.8 Å². The summed E-state index contributed by atoms with van der Waals surface area (Å²) in [5, 5.41) is 0. The zero-order valence-electron chi connectivity index (χ0n) is 36.8. The number of carbonyl (C=O) groups excluding carboxylic acids is 3. The normalized spacial score (nSPS) is 12.6. The van der Waals surface area contributed by atoms with E-state index in [0.717, 1.165) is 69.6 Å². The van der Waals surface area contributed by atoms with Gasteiger partial charge in [-0.2, -0.15) is 0 Å². The first kappa shape index (κ1) is 52.4. The molecule has 0 aliphatic heterocycles. The Hall–Kier alpha value is -1.59. The maximum atomic E-state index is 12.7. The van der Waals surface area contributed by atoms with Crippen molar-refractivity contribution in [2.75, 3.05) is 13.2 Å². The lowest BCUT2D eigenvalue weighted by molar-refractivity contribution is -0.167. The smallest absolute Gasteiger partial charge is 0.306 e. The second-order valence-electron chi connectivity index (χ2n) is 17.1. The predicted octanol–water partition coefficient (Wildman–Crippen LogP) is 15.0. The van der Waals surface area contributed by atoms with Gasteiger partial charge >= 0.3 is 17.9 Å². The Labute approximate surface area is 336 Å². The molecule has 6 heteroatoms. The molecule has 2 atom stereocenters. The number of hydrogen-bond acceptors (Lipinski definition) is 6. The fourth-order valence-electron chi connectivity index (χ4n) is 7.07. The van der Waals surface area contributed by atoms with Crippen LogP contribution in [0.2, 0.25) is 0 Å². The molecular weight excluding hydrogens is 673 g/mol. The van der Waals surface area contributed by atoms with Crippen molar-refractivity contribution < 1.29 is 28.6 Å². The first-order valence-corrected chi connectivity index (χ1v) is 23.8. The lowest BCUT2D eigenvalue weighted by Crippen LogP contribution is -2.30. The van der Waals surface area contributed by atoms with Crippen molar-refractivity contribution in [3.63, 3.8) is 0 Å². The van der Waals surface area contributed by atoms with E-state index in [4.69, 9.17) is 14.2 Å². The molecule has 0 saturated heterocycles. The molecule has 320 valence electrons. The number of esters is 3. The predicted molar refractivity (Wildman–Crippen MR) is 229 cm³/mol. The minimum absolute atomic E-state index is 0.0653. The molecule has 0 fully saturated rings. The van der Waals surface area contributed by atoms with Crippen LogP contribution < -0.4 is 0 Å². The van der Waals surface area contributed by atoms with Crippen LogP contribution in [0.25, 0.3) is 0 Å². The van der Waals surface area contributed by atoms with Crippen LogP contribution in [0.5, 0.6) is 0 Å². The number of carbonyl (C=O) groups is 3. The Kier molecular flexibility index (Phi) is 39.8. The molecule has 0 heterocycles. The van der Waals surface area contributed by atoms with Gasteiger partial charge in [-0.1, -0.05) is 221 Å². The molecule has 0 aromatic rings. The highest BCUT2D eigenvalue weighted by Gasteiger charge is 2.19. The summed E-state index contributed by atoms with van der Waals surface area (Å²) in [7, 11) is 0. The summed E-state index contributed by atoms with van der Waals surface area (Å²) >= 11 is 0. The zero-order valence-corrected chi connectivity index (χ0v) is 36.8. The van der Waals surface area contributed by atoms with Gasteiger partial charge in [0.05, 0.1) is 0 Å². The Balaban J connectivity index is 4.32. The van der Waals surface area contributed by atoms with Crippen molar-refractivity contribution in [1.82, 2.24) is 0 Å². The monoisotopic (exact) mass is 765 g/mol. The lowest BCUT2D eigenvalue weighted by atomic mass is 9.99. The summed E-state index contributed by atoms with van der Waals surface area (Å²) < 4.78 is 16.7. The first-order valence-electron chi connectivity index (χ1n) is 23.8. The van der Waals surface area contributed by atoms with Gasteiger partial charge < -0.3 is 14.2 Å². The van der Waals surface area contributed by atoms with Crippen molar-refractivity contribution in [2.24, 2.45) is 11.8 Å². The second-order valence-corrected chi connectivity index (χ2v) is 17.1. The van der Waals surface area contributed by atoms with E-state index in [2.05, 4.69) is 34.6 Å². The molecule has 0 aromatic heterocycles. The van der Waals surface area contributed by atoms with E-state index in [1.165, 1.54) is 148 Å². The minimum Gasteiger partial charge on any atom is -0.462 e. The van der Waals surface area contributed by atoms with Gasteiger partial charge in [0, 0.05) is 19.3 Å². The largest absolute Gasteiger partial charge is 0.462 e. The van der Waals surface area contributed by atoms with Crippen LogP contribution in [0.1, 0.15) is 259 Å². The highest BCUT2D eigenvalue weighted by Crippen LogP contribution is 2.17. The summed E-state index contributed by atoms with van der Waals surface area (Å²) in [5.41, 5.74) is 0. The van der Waals surface area contributed by atoms with Crippen molar-refractivity contribution in [2.45, 2.75) is 265 Å². The average Bonchev–Trinajstić information content (AvgIpc) is 3.15. The van der Waals surface area contributed by atoms with Crippen molar-refractivity contribution in [3.05, 3.63) is 0 Å². The highest BCUT2D eigenvalue weighted by atomic mass is 16.6. The average molecular weight is 765 g/mol. The fourth-order valence-corrected chi connectivity index (χ4v) is 7.07. The standard InChI is InChI=1S/C48H92O6/c1-6-8-9-10-11-12-13-14-15-16-17-23-28-33-38-46(49)52-41-45(54-48(51)40-35-30-25-20-21-26-31-36-43(3)4)42-53-47(50)39-34-29-24-19-18-22-27-32-37-44(5)7-2/h43-45H,6-42H2,1-5H3/t44?,45-/m0/s1. The van der Waals surface area contributed by atoms with Gasteiger partial charge in [0.2, 0.25) is 0 Å². The molecule has 0 radical (unpaired) electrons. The summed E-state index contributed by atoms with van der Waals surface area (Å²) in [6.07, 6.45) is 39.5. The Morgan fingerprint density at radius 2 is 0.704 bits per heavy atom. The number of unbranched alkanes of at least 4 members (excludes halogenated alkanes) is 26. The third-order valence-corrected chi connectivity index (χ3v) is 11.1. The lowest BCUT2D eigenvalue weighted by Gasteiger charge is -2.18. The van der Waals surface area contributed by atoms with Crippen molar-refractivity contribution in [1.29, 1.82) is 0 Å². The van der Waals surface area contributed by atoms with Crippen molar-refractivity contribution >= 4 is 17.9 Å². The fraction of sp³-hybridized carbons (Fsp3) is 0.938. The van der Waals surface area contributed by atoms with Gasteiger partial charge in [0.1, 0.15) is 13.2 Å². The second kappa shape index (κ2) is 41.1. The molecule has 0 bridgehead atoms. The van der Waals surface area contributed by atoms with Gasteiger partial charge in [-0.3, -0.25) is 14.4 Å². The number of hydrogen-bond donors (Lipinski definition) is 0. The van der Waals surface area contributed by atoms with Crippen molar-refractivity contribution in [3.8, 4) is 0 Å². The van der Waals surface area contributed by atoms with E-state index in [1.807, 2.05) is 0 Å². The molecule has 0 saturated carbocycles. The molecule has 0 aromatic carbocycles. The van der Waals surface area contributed by atoms with E-state index in [-0.39, 0.29) is 31.1 Å². The molecular formula is C48H92O6. The number of ether oxygens (including phenoxy) is 3. The number of rotatable bonds is 42. The molecule has 0 N–H and O–H groups in total. The van der Waals surface area contributed by atoms with Gasteiger partial charge in [0.15, 0.2) is 6.10 Å². The Morgan fingerprint density at radius 1 is 0.389 bits per heavy atom. The van der Waals surface area contributed by atoms with E-state index in [9.17, 15) is 14.4 Å². The quantitative estimate of drug-likeness (QED) is 0.0350. The summed E-state index contributed by atoms with van der Waals surface area (Å²) in [6.45, 7) is 11.3. The molecule has 54 heavy (non-hydrogen) atoms. The zero-order chi connectivity index (χ0) is 39.7. The molecule has 0 rings (SSSR count). The molecule has 0 spiro atoms. The Bertz CT molecular complexity index is 826. The van der Waals surface area contributed by atoms with Gasteiger partial charge in [-0.25, -0.2) is 0 Å². The summed E-state index contributed by atoms with van der Waals surface area (Å²) in [5.74, 6) is 0.767. The SMILES string of the molecule is CCCCCCCCCCCCCCCCC(=O)OC[C@@H](COC(=O)CCCCCCCCCCC(C)CC)OC(=O)CCCCCCCCCC(C)C. The van der Waals surface area contributed by atoms with E-state index in [0.29, 0.717) is 19.3 Å². The maximum absolute atomic E-state index is 12.7. The first-order chi connectivity index (χ1) is 26.3. The van der Waals surface area contributed by atoms with E-state index < -0.39 is 6.10 Å². The van der Waals surface area contributed by atoms with Crippen LogP contribution in [0.3, 0.4) is 0 Å². The summed E-state index contributed by atoms with van der Waals surface area (Å²) in [6, 6.07) is 0. The Morgan fingerprint density at radius 3 is 1.06 bits per heavy atom.